The Hall–Kier alpha value is -1.72. The van der Waals surface area contributed by atoms with Crippen molar-refractivity contribution in [2.75, 3.05) is 11.9 Å². The summed E-state index contributed by atoms with van der Waals surface area (Å²) in [6.07, 6.45) is 15.9. The van der Waals surface area contributed by atoms with Crippen LogP contribution in [0.3, 0.4) is 0 Å². The first-order valence-corrected chi connectivity index (χ1v) is 11.9. The lowest BCUT2D eigenvalue weighted by atomic mass is 9.52. The third-order valence-corrected chi connectivity index (χ3v) is 8.36. The van der Waals surface area contributed by atoms with Crippen molar-refractivity contribution >= 4 is 17.5 Å². The second-order valence-electron chi connectivity index (χ2n) is 10.5. The van der Waals surface area contributed by atoms with E-state index in [1.54, 1.807) is 6.20 Å². The van der Waals surface area contributed by atoms with Gasteiger partial charge in [-0.15, -0.1) is 0 Å². The molecule has 160 valence electrons. The standard InChI is InChI=1S/C25H32N2O3/c28-22(7-6-18-3-2-8-30-18)20-14-26-21-5-1-4-19(21)24(20)27-23-16-9-15-10-17(23)13-25(29,11-15)12-16/h1,4,14-18,23,29H,2-3,5-13H2,(H,26,27). The van der Waals surface area contributed by atoms with Crippen LogP contribution in [0, 0.1) is 17.8 Å². The highest BCUT2D eigenvalue weighted by Gasteiger charge is 2.54. The molecular formula is C25H32N2O3. The summed E-state index contributed by atoms with van der Waals surface area (Å²) in [6, 6.07) is 0.354. The molecule has 6 aliphatic rings. The van der Waals surface area contributed by atoms with Crippen molar-refractivity contribution in [1.29, 1.82) is 0 Å². The molecule has 1 aliphatic heterocycles. The number of hydrogen-bond acceptors (Lipinski definition) is 5. The fraction of sp³-hybridized carbons (Fsp3) is 0.680. The van der Waals surface area contributed by atoms with Crippen LogP contribution in [0.25, 0.3) is 6.08 Å². The average molecular weight is 409 g/mol. The molecule has 5 nitrogen and oxygen atoms in total. The van der Waals surface area contributed by atoms with E-state index < -0.39 is 5.60 Å². The van der Waals surface area contributed by atoms with E-state index in [2.05, 4.69) is 22.5 Å². The van der Waals surface area contributed by atoms with Crippen LogP contribution in [-0.4, -0.2) is 40.2 Å². The predicted octanol–water partition coefficient (Wildman–Crippen LogP) is 4.14. The molecule has 2 N–H and O–H groups in total. The van der Waals surface area contributed by atoms with E-state index in [4.69, 9.17) is 4.74 Å². The Labute approximate surface area is 178 Å². The topological polar surface area (TPSA) is 71.5 Å². The number of aliphatic hydroxyl groups is 1. The second-order valence-corrected chi connectivity index (χ2v) is 10.5. The Morgan fingerprint density at radius 2 is 2.10 bits per heavy atom. The van der Waals surface area contributed by atoms with Crippen molar-refractivity contribution in [2.45, 2.75) is 82.0 Å². The van der Waals surface area contributed by atoms with Gasteiger partial charge in [0.2, 0.25) is 0 Å². The Morgan fingerprint density at radius 1 is 1.27 bits per heavy atom. The maximum atomic E-state index is 13.2. The fourth-order valence-corrected chi connectivity index (χ4v) is 7.25. The van der Waals surface area contributed by atoms with Gasteiger partial charge in [-0.1, -0.05) is 12.2 Å². The highest BCUT2D eigenvalue weighted by atomic mass is 16.5. The molecule has 0 spiro atoms. The highest BCUT2D eigenvalue weighted by Crippen LogP contribution is 2.56. The van der Waals surface area contributed by atoms with Crippen LogP contribution in [0.1, 0.15) is 79.4 Å². The first kappa shape index (κ1) is 19.0. The molecule has 7 rings (SSSR count). The number of rotatable bonds is 6. The third kappa shape index (κ3) is 3.21. The van der Waals surface area contributed by atoms with E-state index in [-0.39, 0.29) is 11.9 Å². The third-order valence-electron chi connectivity index (χ3n) is 8.36. The van der Waals surface area contributed by atoms with E-state index >= 15 is 0 Å². The number of ketones is 1. The second kappa shape index (κ2) is 7.16. The van der Waals surface area contributed by atoms with Gasteiger partial charge in [0.15, 0.2) is 5.78 Å². The number of aromatic nitrogens is 1. The molecule has 1 aromatic rings. The number of nitrogens with zero attached hydrogens (tertiary/aromatic N) is 1. The molecule has 1 saturated heterocycles. The average Bonchev–Trinajstić information content (AvgIpc) is 3.39. The summed E-state index contributed by atoms with van der Waals surface area (Å²) in [6.45, 7) is 0.828. The lowest BCUT2D eigenvalue weighted by Crippen LogP contribution is -2.59. The molecule has 5 aliphatic carbocycles. The summed E-state index contributed by atoms with van der Waals surface area (Å²) in [5.41, 5.74) is 3.47. The molecule has 0 amide bonds. The molecule has 3 unspecified atom stereocenters. The molecule has 5 heteroatoms. The van der Waals surface area contributed by atoms with Crippen LogP contribution in [-0.2, 0) is 11.2 Å². The van der Waals surface area contributed by atoms with E-state index in [1.807, 2.05) is 0 Å². The monoisotopic (exact) mass is 408 g/mol. The first-order chi connectivity index (χ1) is 14.6. The molecular weight excluding hydrogens is 376 g/mol. The zero-order valence-corrected chi connectivity index (χ0v) is 17.6. The number of Topliss-reactive ketones (excluding diaryl/α,β-unsaturated/α-hetero) is 1. The smallest absolute Gasteiger partial charge is 0.166 e. The van der Waals surface area contributed by atoms with E-state index in [0.29, 0.717) is 30.2 Å². The first-order valence-electron chi connectivity index (χ1n) is 11.9. The maximum absolute atomic E-state index is 13.2. The number of anilines is 1. The highest BCUT2D eigenvalue weighted by molar-refractivity contribution is 6.03. The van der Waals surface area contributed by atoms with Gasteiger partial charge in [-0.05, 0) is 69.1 Å². The Kier molecular flexibility index (Phi) is 4.54. The number of carbonyl (C=O) groups is 1. The zero-order chi connectivity index (χ0) is 20.3. The number of ether oxygens (including phenoxy) is 1. The van der Waals surface area contributed by atoms with Gasteiger partial charge in [0, 0.05) is 37.3 Å². The largest absolute Gasteiger partial charge is 0.390 e. The van der Waals surface area contributed by atoms with Crippen molar-refractivity contribution < 1.29 is 14.6 Å². The van der Waals surface area contributed by atoms with Crippen molar-refractivity contribution in [3.8, 4) is 0 Å². The molecule has 4 saturated carbocycles. The SMILES string of the molecule is O=C(CCC1CCCO1)c1cnc2c(c1NC1C3CC4CC1CC(O)(C4)C3)C=CC2. The van der Waals surface area contributed by atoms with Crippen molar-refractivity contribution in [3.63, 3.8) is 0 Å². The number of hydrogen-bond donors (Lipinski definition) is 2. The minimum atomic E-state index is -0.436. The van der Waals surface area contributed by atoms with Crippen molar-refractivity contribution in [3.05, 3.63) is 29.1 Å². The number of nitrogens with one attached hydrogen (secondary N) is 1. The Balaban J connectivity index is 1.27. The summed E-state index contributed by atoms with van der Waals surface area (Å²) >= 11 is 0. The lowest BCUT2D eigenvalue weighted by molar-refractivity contribution is -0.129. The van der Waals surface area contributed by atoms with Crippen LogP contribution in [0.5, 0.6) is 0 Å². The van der Waals surface area contributed by atoms with Gasteiger partial charge in [-0.3, -0.25) is 9.78 Å². The molecule has 2 heterocycles. The minimum Gasteiger partial charge on any atom is -0.390 e. The Morgan fingerprint density at radius 3 is 2.83 bits per heavy atom. The normalized spacial score (nSPS) is 38.2. The maximum Gasteiger partial charge on any atom is 0.166 e. The quantitative estimate of drug-likeness (QED) is 0.692. The molecule has 0 aromatic carbocycles. The van der Waals surface area contributed by atoms with Gasteiger partial charge >= 0.3 is 0 Å². The van der Waals surface area contributed by atoms with Crippen molar-refractivity contribution in [1.82, 2.24) is 4.98 Å². The number of fused-ring (bicyclic) bond motifs is 1. The minimum absolute atomic E-state index is 0.172. The molecule has 1 aromatic heterocycles. The van der Waals surface area contributed by atoms with Crippen LogP contribution in [0.15, 0.2) is 12.3 Å². The van der Waals surface area contributed by atoms with E-state index in [0.717, 1.165) is 74.1 Å². The van der Waals surface area contributed by atoms with Crippen molar-refractivity contribution in [2.24, 2.45) is 17.8 Å². The van der Waals surface area contributed by atoms with E-state index in [1.165, 1.54) is 12.8 Å². The van der Waals surface area contributed by atoms with E-state index in [9.17, 15) is 9.90 Å². The molecule has 0 radical (unpaired) electrons. The number of carbonyl (C=O) groups excluding carboxylic acids is 1. The van der Waals surface area contributed by atoms with Gasteiger partial charge in [-0.25, -0.2) is 0 Å². The van der Waals surface area contributed by atoms with Gasteiger partial charge in [0.05, 0.1) is 28.6 Å². The zero-order valence-electron chi connectivity index (χ0n) is 17.6. The lowest BCUT2D eigenvalue weighted by Gasteiger charge is -2.58. The van der Waals surface area contributed by atoms with Gasteiger partial charge in [-0.2, -0.15) is 0 Å². The summed E-state index contributed by atoms with van der Waals surface area (Å²) in [7, 11) is 0. The number of pyridine rings is 1. The van der Waals surface area contributed by atoms with Crippen LogP contribution in [0.2, 0.25) is 0 Å². The molecule has 30 heavy (non-hydrogen) atoms. The summed E-state index contributed by atoms with van der Waals surface area (Å²) in [5.74, 6) is 1.86. The van der Waals surface area contributed by atoms with Crippen LogP contribution >= 0.6 is 0 Å². The van der Waals surface area contributed by atoms with Crippen LogP contribution in [0.4, 0.5) is 5.69 Å². The van der Waals surface area contributed by atoms with Gasteiger partial charge in [0.1, 0.15) is 0 Å². The van der Waals surface area contributed by atoms with Gasteiger partial charge < -0.3 is 15.2 Å². The van der Waals surface area contributed by atoms with Crippen LogP contribution < -0.4 is 5.32 Å². The summed E-state index contributed by atoms with van der Waals surface area (Å²) in [5, 5.41) is 14.8. The molecule has 4 bridgehead atoms. The number of allylic oxidation sites excluding steroid dienone is 1. The molecule has 5 fully saturated rings. The van der Waals surface area contributed by atoms with Gasteiger partial charge in [0.25, 0.3) is 0 Å². The fourth-order valence-electron chi connectivity index (χ4n) is 7.25. The predicted molar refractivity (Wildman–Crippen MR) is 115 cm³/mol. The summed E-state index contributed by atoms with van der Waals surface area (Å²) < 4.78 is 5.72. The summed E-state index contributed by atoms with van der Waals surface area (Å²) in [4.78, 5) is 17.8. The molecule has 3 atom stereocenters. The Bertz CT molecular complexity index is 873.